The lowest BCUT2D eigenvalue weighted by Crippen LogP contribution is -2.39. The fourth-order valence-electron chi connectivity index (χ4n) is 1.47. The van der Waals surface area contributed by atoms with Gasteiger partial charge in [0.15, 0.2) is 5.96 Å². The Morgan fingerprint density at radius 1 is 1.37 bits per heavy atom. The molecule has 0 fully saturated rings. The Labute approximate surface area is 132 Å². The maximum absolute atomic E-state index is 5.27. The van der Waals surface area contributed by atoms with Crippen molar-refractivity contribution in [2.45, 2.75) is 19.9 Å². The lowest BCUT2D eigenvalue weighted by molar-refractivity contribution is 0.145. The van der Waals surface area contributed by atoms with Crippen LogP contribution in [0.25, 0.3) is 0 Å². The highest BCUT2D eigenvalue weighted by Crippen LogP contribution is 1.84. The van der Waals surface area contributed by atoms with Gasteiger partial charge in [-0.05, 0) is 13.3 Å². The molecule has 110 valence electrons. The van der Waals surface area contributed by atoms with Gasteiger partial charge < -0.3 is 19.9 Å². The summed E-state index contributed by atoms with van der Waals surface area (Å²) in [6, 6.07) is 0. The molecule has 0 unspecified atom stereocenters. The van der Waals surface area contributed by atoms with Gasteiger partial charge in [0.05, 0.1) is 6.33 Å². The lowest BCUT2D eigenvalue weighted by atomic mass is 10.4. The van der Waals surface area contributed by atoms with E-state index in [1.54, 1.807) is 19.6 Å². The molecular weight excluding hydrogens is 357 g/mol. The third-order valence-corrected chi connectivity index (χ3v) is 2.41. The Bertz CT molecular complexity index is 329. The molecular formula is C12H24IN5O. The minimum Gasteiger partial charge on any atom is -0.382 e. The molecule has 1 aromatic heterocycles. The van der Waals surface area contributed by atoms with E-state index in [0.29, 0.717) is 0 Å². The maximum Gasteiger partial charge on any atom is 0.191 e. The first-order valence-electron chi connectivity index (χ1n) is 6.34. The highest BCUT2D eigenvalue weighted by atomic mass is 127. The molecule has 0 amide bonds. The van der Waals surface area contributed by atoms with E-state index in [9.17, 15) is 0 Å². The summed E-state index contributed by atoms with van der Waals surface area (Å²) >= 11 is 0. The van der Waals surface area contributed by atoms with Crippen molar-refractivity contribution in [3.63, 3.8) is 0 Å². The van der Waals surface area contributed by atoms with Gasteiger partial charge in [-0.1, -0.05) is 0 Å². The largest absolute Gasteiger partial charge is 0.382 e. The molecule has 1 aromatic rings. The van der Waals surface area contributed by atoms with Gasteiger partial charge in [0, 0.05) is 52.3 Å². The first kappa shape index (κ1) is 18.2. The normalized spacial score (nSPS) is 10.9. The number of aromatic nitrogens is 2. The Balaban J connectivity index is 0.00000324. The number of imidazole rings is 1. The number of nitrogens with zero attached hydrogens (tertiary/aromatic N) is 3. The average molecular weight is 381 g/mol. The summed E-state index contributed by atoms with van der Waals surface area (Å²) in [5, 5.41) is 6.49. The van der Waals surface area contributed by atoms with Gasteiger partial charge in [-0.3, -0.25) is 4.99 Å². The van der Waals surface area contributed by atoms with E-state index >= 15 is 0 Å². The number of halogens is 1. The third kappa shape index (κ3) is 8.82. The molecule has 1 heterocycles. The van der Waals surface area contributed by atoms with E-state index in [2.05, 4.69) is 20.6 Å². The van der Waals surface area contributed by atoms with Gasteiger partial charge in [-0.25, -0.2) is 4.98 Å². The van der Waals surface area contributed by atoms with Crippen LogP contribution in [0.1, 0.15) is 13.3 Å². The number of hydrogen-bond donors (Lipinski definition) is 2. The van der Waals surface area contributed by atoms with Crippen molar-refractivity contribution in [2.24, 2.45) is 4.99 Å². The summed E-state index contributed by atoms with van der Waals surface area (Å²) in [6.45, 7) is 6.13. The van der Waals surface area contributed by atoms with Crippen LogP contribution < -0.4 is 10.6 Å². The van der Waals surface area contributed by atoms with Gasteiger partial charge >= 0.3 is 0 Å². The van der Waals surface area contributed by atoms with E-state index in [0.717, 1.165) is 45.2 Å². The van der Waals surface area contributed by atoms with Crippen LogP contribution >= 0.6 is 24.0 Å². The molecule has 0 aromatic carbocycles. The van der Waals surface area contributed by atoms with E-state index in [-0.39, 0.29) is 24.0 Å². The first-order valence-corrected chi connectivity index (χ1v) is 6.34. The van der Waals surface area contributed by atoms with Crippen molar-refractivity contribution in [3.05, 3.63) is 18.7 Å². The minimum absolute atomic E-state index is 0. The van der Waals surface area contributed by atoms with Crippen LogP contribution in [-0.4, -0.2) is 48.9 Å². The number of ether oxygens (including phenoxy) is 1. The summed E-state index contributed by atoms with van der Waals surface area (Å²) < 4.78 is 7.29. The molecule has 1 rings (SSSR count). The maximum atomic E-state index is 5.27. The predicted octanol–water partition coefficient (Wildman–Crippen LogP) is 1.09. The van der Waals surface area contributed by atoms with Crippen LogP contribution in [-0.2, 0) is 11.3 Å². The van der Waals surface area contributed by atoms with Crippen molar-refractivity contribution >= 4 is 29.9 Å². The molecule has 19 heavy (non-hydrogen) atoms. The fraction of sp³-hybridized carbons (Fsp3) is 0.667. The average Bonchev–Trinajstić information content (AvgIpc) is 2.89. The van der Waals surface area contributed by atoms with Crippen LogP contribution in [0, 0.1) is 0 Å². The number of rotatable bonds is 8. The van der Waals surface area contributed by atoms with Crippen molar-refractivity contribution in [2.75, 3.05) is 33.4 Å². The fourth-order valence-corrected chi connectivity index (χ4v) is 1.47. The van der Waals surface area contributed by atoms with Crippen LogP contribution in [0.4, 0.5) is 0 Å². The van der Waals surface area contributed by atoms with Gasteiger partial charge in [-0.2, -0.15) is 0 Å². The van der Waals surface area contributed by atoms with Crippen molar-refractivity contribution in [3.8, 4) is 0 Å². The summed E-state index contributed by atoms with van der Waals surface area (Å²) in [6.07, 6.45) is 6.51. The smallest absolute Gasteiger partial charge is 0.191 e. The second-order valence-electron chi connectivity index (χ2n) is 3.78. The van der Waals surface area contributed by atoms with Gasteiger partial charge in [0.25, 0.3) is 0 Å². The molecule has 0 atom stereocenters. The van der Waals surface area contributed by atoms with Gasteiger partial charge in [0.2, 0.25) is 0 Å². The highest BCUT2D eigenvalue weighted by molar-refractivity contribution is 14.0. The second-order valence-corrected chi connectivity index (χ2v) is 3.78. The first-order chi connectivity index (χ1) is 8.86. The van der Waals surface area contributed by atoms with Crippen LogP contribution in [0.5, 0.6) is 0 Å². The Morgan fingerprint density at radius 2 is 2.16 bits per heavy atom. The number of aliphatic imine (C=N–C) groups is 1. The number of nitrogens with one attached hydrogen (secondary N) is 2. The van der Waals surface area contributed by atoms with E-state index in [1.165, 1.54) is 0 Å². The van der Waals surface area contributed by atoms with Crippen molar-refractivity contribution < 1.29 is 4.74 Å². The molecule has 6 nitrogen and oxygen atoms in total. The van der Waals surface area contributed by atoms with Crippen LogP contribution in [0.2, 0.25) is 0 Å². The quantitative estimate of drug-likeness (QED) is 0.306. The summed E-state index contributed by atoms with van der Waals surface area (Å²) in [4.78, 5) is 8.15. The molecule has 0 saturated carbocycles. The molecule has 0 aliphatic carbocycles. The molecule has 0 spiro atoms. The zero-order valence-corrected chi connectivity index (χ0v) is 14.0. The number of guanidine groups is 1. The topological polar surface area (TPSA) is 63.5 Å². The summed E-state index contributed by atoms with van der Waals surface area (Å²) in [7, 11) is 1.77. The van der Waals surface area contributed by atoms with Crippen LogP contribution in [0.3, 0.4) is 0 Å². The standard InChI is InChI=1S/C12H23N5O.HI/c1-3-18-10-4-5-15-12(13-2)16-7-9-17-8-6-14-11-17;/h6,8,11H,3-5,7,9-10H2,1-2H3,(H2,13,15,16);1H. The Morgan fingerprint density at radius 3 is 2.79 bits per heavy atom. The molecule has 0 saturated heterocycles. The molecule has 0 radical (unpaired) electrons. The van der Waals surface area contributed by atoms with Crippen molar-refractivity contribution in [1.82, 2.24) is 20.2 Å². The van der Waals surface area contributed by atoms with Crippen molar-refractivity contribution in [1.29, 1.82) is 0 Å². The SMILES string of the molecule is CCOCCCNC(=NC)NCCn1ccnc1.I. The molecule has 0 aliphatic rings. The second kappa shape index (κ2) is 12.2. The molecule has 0 bridgehead atoms. The molecule has 2 N–H and O–H groups in total. The van der Waals surface area contributed by atoms with Crippen LogP contribution in [0.15, 0.2) is 23.7 Å². The van der Waals surface area contributed by atoms with Gasteiger partial charge in [0.1, 0.15) is 0 Å². The van der Waals surface area contributed by atoms with Gasteiger partial charge in [-0.15, -0.1) is 24.0 Å². The third-order valence-electron chi connectivity index (χ3n) is 2.41. The molecule has 7 heteroatoms. The van der Waals surface area contributed by atoms with E-state index < -0.39 is 0 Å². The zero-order valence-electron chi connectivity index (χ0n) is 11.6. The Hall–Kier alpha value is -0.830. The van der Waals surface area contributed by atoms with E-state index in [1.807, 2.05) is 17.7 Å². The zero-order chi connectivity index (χ0) is 13.1. The highest BCUT2D eigenvalue weighted by Gasteiger charge is 1.96. The van der Waals surface area contributed by atoms with E-state index in [4.69, 9.17) is 4.74 Å². The minimum atomic E-state index is 0. The number of hydrogen-bond acceptors (Lipinski definition) is 3. The monoisotopic (exact) mass is 381 g/mol. The Kier molecular flexibility index (Phi) is 11.7. The summed E-state index contributed by atoms with van der Waals surface area (Å²) in [5.41, 5.74) is 0. The molecule has 0 aliphatic heterocycles. The lowest BCUT2D eigenvalue weighted by Gasteiger charge is -2.11. The summed E-state index contributed by atoms with van der Waals surface area (Å²) in [5.74, 6) is 0.826. The predicted molar refractivity (Wildman–Crippen MR) is 88.1 cm³/mol.